The molecule has 1 saturated heterocycles. The summed E-state index contributed by atoms with van der Waals surface area (Å²) in [5, 5.41) is 42.2. The number of nitrogens with zero attached hydrogens (tertiary/aromatic N) is 1. The van der Waals surface area contributed by atoms with Gasteiger partial charge >= 0.3 is 11.9 Å². The molecule has 16 heteroatoms. The molecule has 46 heavy (non-hydrogen) atoms. The summed E-state index contributed by atoms with van der Waals surface area (Å²) < 4.78 is 27.5. The molecule has 0 bridgehead atoms. The Balaban J connectivity index is 1.54. The molecule has 0 aliphatic carbocycles. The molecule has 3 rings (SSSR count). The van der Waals surface area contributed by atoms with Gasteiger partial charge in [0.2, 0.25) is 12.2 Å². The molecule has 254 valence electrons. The number of ether oxygens (including phenoxy) is 5. The largest absolute Gasteiger partial charge is 0.491 e. The molecule has 6 atom stereocenters. The van der Waals surface area contributed by atoms with Crippen LogP contribution in [-0.2, 0) is 44.8 Å². The number of amides is 3. The van der Waals surface area contributed by atoms with Crippen LogP contribution in [0.25, 0.3) is 0 Å². The molecule has 0 aromatic heterocycles. The number of imide groups is 1. The Bertz CT molecular complexity index is 1270. The van der Waals surface area contributed by atoms with Gasteiger partial charge in [0.25, 0.3) is 11.8 Å². The highest BCUT2D eigenvalue weighted by Gasteiger charge is 2.48. The number of carboxylic acid groups (broad SMARTS) is 1. The quantitative estimate of drug-likeness (QED) is 0.0783. The van der Waals surface area contributed by atoms with Crippen molar-refractivity contribution in [2.45, 2.75) is 64.5 Å². The van der Waals surface area contributed by atoms with Crippen LogP contribution in [0.1, 0.15) is 32.8 Å². The van der Waals surface area contributed by atoms with Crippen LogP contribution in [0.2, 0.25) is 0 Å². The number of benzene rings is 1. The number of esters is 1. The fourth-order valence-corrected chi connectivity index (χ4v) is 4.23. The number of carboxylic acids is 1. The summed E-state index contributed by atoms with van der Waals surface area (Å²) in [4.78, 5) is 59.9. The molecule has 2 heterocycles. The van der Waals surface area contributed by atoms with Crippen molar-refractivity contribution in [2.75, 3.05) is 32.9 Å². The maximum atomic E-state index is 12.4. The number of aliphatic hydroxyl groups is 3. The van der Waals surface area contributed by atoms with Gasteiger partial charge in [-0.3, -0.25) is 24.1 Å². The van der Waals surface area contributed by atoms with Crippen LogP contribution < -0.4 is 14.8 Å². The van der Waals surface area contributed by atoms with Gasteiger partial charge in [-0.1, -0.05) is 20.8 Å². The first-order valence-corrected chi connectivity index (χ1v) is 14.7. The third kappa shape index (κ3) is 9.95. The third-order valence-corrected chi connectivity index (χ3v) is 7.36. The van der Waals surface area contributed by atoms with Gasteiger partial charge < -0.3 is 49.4 Å². The monoisotopic (exact) mass is 652 g/mol. The number of carbonyl (C=O) groups excluding carboxylic acids is 4. The average Bonchev–Trinajstić information content (AvgIpc) is 3.34. The van der Waals surface area contributed by atoms with Crippen molar-refractivity contribution in [3.8, 4) is 11.5 Å². The number of rotatable bonds is 17. The second kappa shape index (κ2) is 17.0. The Morgan fingerprint density at radius 1 is 0.978 bits per heavy atom. The number of carbonyl (C=O) groups is 5. The molecule has 1 aromatic carbocycles. The number of nitrogens with one attached hydrogen (secondary N) is 1. The summed E-state index contributed by atoms with van der Waals surface area (Å²) >= 11 is 0. The van der Waals surface area contributed by atoms with E-state index < -0.39 is 54.5 Å². The van der Waals surface area contributed by atoms with E-state index in [4.69, 9.17) is 23.7 Å². The van der Waals surface area contributed by atoms with Crippen LogP contribution in [0.5, 0.6) is 11.5 Å². The van der Waals surface area contributed by atoms with E-state index in [2.05, 4.69) is 5.32 Å². The number of aliphatic carboxylic acids is 1. The van der Waals surface area contributed by atoms with Crippen LogP contribution >= 0.6 is 0 Å². The zero-order valence-electron chi connectivity index (χ0n) is 25.7. The predicted octanol–water partition coefficient (Wildman–Crippen LogP) is -0.880. The highest BCUT2D eigenvalue weighted by Crippen LogP contribution is 2.30. The fourth-order valence-electron chi connectivity index (χ4n) is 4.23. The number of hydrogen-bond acceptors (Lipinski definition) is 13. The van der Waals surface area contributed by atoms with Crippen molar-refractivity contribution in [3.05, 3.63) is 35.9 Å². The standard InChI is InChI=1S/C30H40N2O14/c1-16(2)17(3)29(41)44-15-18-4-5-19(45-30-26(38)24(36)25(37)27(46-30)28(39)40)14-20(18)43-13-12-42-11-9-31-21(33)8-10-32-22(34)6-7-23(32)35/h4-7,14,16-17,24-27,30,36-38H,8-13,15H2,1-3H3,(H,31,33)(H,39,40)/t17?,24-,25-,26+,27-,30+/m0/s1. The minimum Gasteiger partial charge on any atom is -0.491 e. The molecule has 0 spiro atoms. The van der Waals surface area contributed by atoms with Crippen LogP contribution in [0.15, 0.2) is 30.4 Å². The summed E-state index contributed by atoms with van der Waals surface area (Å²) in [6, 6.07) is 4.36. The molecule has 16 nitrogen and oxygen atoms in total. The SMILES string of the molecule is CC(C)C(C)C(=O)OCc1ccc(O[C@@H]2O[C@H](C(=O)O)[C@@H](O)[C@H](O)[C@H]2O)cc1OCCOCCNC(=O)CCN1C(=O)C=CC1=O. The topological polar surface area (TPSA) is 228 Å². The summed E-state index contributed by atoms with van der Waals surface area (Å²) in [7, 11) is 0. The molecule has 0 radical (unpaired) electrons. The van der Waals surface area contributed by atoms with Crippen LogP contribution in [0.4, 0.5) is 0 Å². The Hall–Kier alpha value is -4.09. The Morgan fingerprint density at radius 2 is 1.67 bits per heavy atom. The molecular formula is C30H40N2O14. The summed E-state index contributed by atoms with van der Waals surface area (Å²) in [6.07, 6.45) is -6.76. The minimum absolute atomic E-state index is 0.0154. The van der Waals surface area contributed by atoms with E-state index in [-0.39, 0.29) is 75.2 Å². The van der Waals surface area contributed by atoms with Gasteiger partial charge in [0, 0.05) is 43.3 Å². The molecule has 2 aliphatic heterocycles. The van der Waals surface area contributed by atoms with Crippen molar-refractivity contribution in [3.63, 3.8) is 0 Å². The first-order chi connectivity index (χ1) is 21.8. The van der Waals surface area contributed by atoms with E-state index in [0.717, 1.165) is 17.1 Å². The summed E-state index contributed by atoms with van der Waals surface area (Å²) in [5.74, 6) is -3.29. The van der Waals surface area contributed by atoms with E-state index in [1.807, 2.05) is 13.8 Å². The lowest BCUT2D eigenvalue weighted by Gasteiger charge is -2.38. The van der Waals surface area contributed by atoms with E-state index in [1.54, 1.807) is 6.92 Å². The zero-order valence-corrected chi connectivity index (χ0v) is 25.7. The highest BCUT2D eigenvalue weighted by molar-refractivity contribution is 6.13. The molecule has 1 aromatic rings. The van der Waals surface area contributed by atoms with E-state index in [0.29, 0.717) is 5.56 Å². The van der Waals surface area contributed by atoms with Crippen molar-refractivity contribution in [2.24, 2.45) is 11.8 Å². The first-order valence-electron chi connectivity index (χ1n) is 14.7. The van der Waals surface area contributed by atoms with Gasteiger partial charge in [-0.15, -0.1) is 0 Å². The third-order valence-electron chi connectivity index (χ3n) is 7.36. The Kier molecular flexibility index (Phi) is 13.4. The van der Waals surface area contributed by atoms with Gasteiger partial charge in [-0.2, -0.15) is 0 Å². The van der Waals surface area contributed by atoms with Gasteiger partial charge in [0.1, 0.15) is 43.0 Å². The van der Waals surface area contributed by atoms with Gasteiger partial charge in [0.05, 0.1) is 19.1 Å². The van der Waals surface area contributed by atoms with Crippen LogP contribution in [-0.4, -0.2) is 119 Å². The lowest BCUT2D eigenvalue weighted by molar-refractivity contribution is -0.271. The van der Waals surface area contributed by atoms with Crippen molar-refractivity contribution in [1.82, 2.24) is 10.2 Å². The zero-order chi connectivity index (χ0) is 34.0. The van der Waals surface area contributed by atoms with Crippen molar-refractivity contribution >= 4 is 29.7 Å². The lowest BCUT2D eigenvalue weighted by Crippen LogP contribution is -2.61. The maximum absolute atomic E-state index is 12.4. The second-order valence-corrected chi connectivity index (χ2v) is 11.0. The molecule has 0 saturated carbocycles. The second-order valence-electron chi connectivity index (χ2n) is 11.0. The van der Waals surface area contributed by atoms with E-state index in [9.17, 15) is 44.4 Å². The minimum atomic E-state index is -1.88. The fraction of sp³-hybridized carbons (Fsp3) is 0.567. The van der Waals surface area contributed by atoms with Gasteiger partial charge in [0.15, 0.2) is 6.10 Å². The molecule has 3 amide bonds. The Morgan fingerprint density at radius 3 is 2.33 bits per heavy atom. The number of aliphatic hydroxyl groups excluding tert-OH is 3. The van der Waals surface area contributed by atoms with Crippen LogP contribution in [0, 0.1) is 11.8 Å². The number of hydrogen-bond donors (Lipinski definition) is 5. The molecule has 1 unspecified atom stereocenters. The van der Waals surface area contributed by atoms with Gasteiger partial charge in [-0.25, -0.2) is 4.79 Å². The van der Waals surface area contributed by atoms with Gasteiger partial charge in [-0.05, 0) is 18.1 Å². The highest BCUT2D eigenvalue weighted by atomic mass is 16.7. The summed E-state index contributed by atoms with van der Waals surface area (Å²) in [6.45, 7) is 5.76. The predicted molar refractivity (Wildman–Crippen MR) is 155 cm³/mol. The van der Waals surface area contributed by atoms with Crippen LogP contribution in [0.3, 0.4) is 0 Å². The maximum Gasteiger partial charge on any atom is 0.335 e. The molecule has 2 aliphatic rings. The normalized spacial score (nSPS) is 23.4. The van der Waals surface area contributed by atoms with Crippen molar-refractivity contribution in [1.29, 1.82) is 0 Å². The molecular weight excluding hydrogens is 612 g/mol. The lowest BCUT2D eigenvalue weighted by atomic mass is 9.98. The van der Waals surface area contributed by atoms with E-state index >= 15 is 0 Å². The Labute approximate surface area is 264 Å². The summed E-state index contributed by atoms with van der Waals surface area (Å²) in [5.41, 5.74) is 0.457. The van der Waals surface area contributed by atoms with Crippen molar-refractivity contribution < 1.29 is 68.1 Å². The molecule has 1 fully saturated rings. The van der Waals surface area contributed by atoms with E-state index in [1.165, 1.54) is 18.2 Å². The average molecular weight is 653 g/mol. The molecule has 5 N–H and O–H groups in total. The first kappa shape index (κ1) is 36.4. The smallest absolute Gasteiger partial charge is 0.335 e.